The quantitative estimate of drug-likeness (QED) is 0.719. The number of likely N-dealkylation sites (N-methyl/N-ethyl adjacent to an activating group) is 1. The first-order valence-electron chi connectivity index (χ1n) is 9.77. The Morgan fingerprint density at radius 2 is 2.07 bits per heavy atom. The van der Waals surface area contributed by atoms with Crippen LogP contribution in [0.4, 0.5) is 4.39 Å². The number of aryl methyl sites for hydroxylation is 1. The molecule has 2 N–H and O–H groups in total. The van der Waals surface area contributed by atoms with Crippen molar-refractivity contribution in [2.24, 2.45) is 5.41 Å². The lowest BCUT2D eigenvalue weighted by molar-refractivity contribution is -0.144. The molecule has 3 heterocycles. The first-order chi connectivity index (χ1) is 14.0. The second-order valence-corrected chi connectivity index (χ2v) is 8.68. The summed E-state index contributed by atoms with van der Waals surface area (Å²) < 4.78 is 14.8. The molecule has 0 bridgehead atoms. The monoisotopic (exact) mass is 418 g/mol. The molecule has 1 saturated heterocycles. The van der Waals surface area contributed by atoms with Gasteiger partial charge in [-0.05, 0) is 24.0 Å². The van der Waals surface area contributed by atoms with Crippen LogP contribution in [0.5, 0.6) is 0 Å². The van der Waals surface area contributed by atoms with Gasteiger partial charge < -0.3 is 15.3 Å². The van der Waals surface area contributed by atoms with E-state index in [9.17, 15) is 19.1 Å². The summed E-state index contributed by atoms with van der Waals surface area (Å²) in [4.78, 5) is 30.8. The third-order valence-electron chi connectivity index (χ3n) is 5.29. The normalized spacial score (nSPS) is 20.3. The van der Waals surface area contributed by atoms with E-state index < -0.39 is 29.6 Å². The molecule has 2 aromatic heterocycles. The summed E-state index contributed by atoms with van der Waals surface area (Å²) >= 11 is 0. The second-order valence-electron chi connectivity index (χ2n) is 8.68. The smallest absolute Gasteiger partial charge is 0.248 e. The first kappa shape index (κ1) is 21.8. The van der Waals surface area contributed by atoms with Gasteiger partial charge in [-0.3, -0.25) is 9.59 Å². The SMILES string of the molecule is CNC(=O)[C@H]1CC(O)CN1C(=O)C(n1cc(-c2cnc(F)cc2C)nn1)C(C)(C)C. The number of carbonyl (C=O) groups excluding carboxylic acids is 2. The summed E-state index contributed by atoms with van der Waals surface area (Å²) in [7, 11) is 1.50. The van der Waals surface area contributed by atoms with Crippen molar-refractivity contribution >= 4 is 11.8 Å². The van der Waals surface area contributed by atoms with Crippen molar-refractivity contribution in [3.05, 3.63) is 30.0 Å². The molecule has 0 aliphatic carbocycles. The number of hydrogen-bond donors (Lipinski definition) is 2. The maximum absolute atomic E-state index is 13.5. The average Bonchev–Trinajstić information content (AvgIpc) is 3.27. The highest BCUT2D eigenvalue weighted by Crippen LogP contribution is 2.35. The Hall–Kier alpha value is -2.88. The fourth-order valence-corrected chi connectivity index (χ4v) is 3.83. The molecule has 2 unspecified atom stereocenters. The van der Waals surface area contributed by atoms with E-state index in [1.807, 2.05) is 20.8 Å². The zero-order valence-electron chi connectivity index (χ0n) is 17.8. The summed E-state index contributed by atoms with van der Waals surface area (Å²) in [5, 5.41) is 20.9. The van der Waals surface area contributed by atoms with E-state index in [1.54, 1.807) is 13.1 Å². The molecule has 0 radical (unpaired) electrons. The highest BCUT2D eigenvalue weighted by molar-refractivity contribution is 5.90. The van der Waals surface area contributed by atoms with Gasteiger partial charge in [-0.25, -0.2) is 9.67 Å². The van der Waals surface area contributed by atoms with Crippen molar-refractivity contribution in [1.29, 1.82) is 0 Å². The van der Waals surface area contributed by atoms with E-state index in [-0.39, 0.29) is 24.8 Å². The highest BCUT2D eigenvalue weighted by atomic mass is 19.1. The van der Waals surface area contributed by atoms with Crippen LogP contribution in [-0.4, -0.2) is 67.5 Å². The van der Waals surface area contributed by atoms with Crippen LogP contribution in [0.25, 0.3) is 11.3 Å². The number of halogens is 1. The molecule has 2 amide bonds. The van der Waals surface area contributed by atoms with Crippen molar-refractivity contribution in [3.8, 4) is 11.3 Å². The number of nitrogens with zero attached hydrogens (tertiary/aromatic N) is 5. The van der Waals surface area contributed by atoms with Crippen LogP contribution in [-0.2, 0) is 9.59 Å². The Kier molecular flexibility index (Phi) is 5.89. The molecular weight excluding hydrogens is 391 g/mol. The number of pyridine rings is 1. The lowest BCUT2D eigenvalue weighted by Crippen LogP contribution is -2.49. The van der Waals surface area contributed by atoms with E-state index >= 15 is 0 Å². The lowest BCUT2D eigenvalue weighted by atomic mass is 9.85. The number of hydrogen-bond acceptors (Lipinski definition) is 6. The van der Waals surface area contributed by atoms with E-state index in [4.69, 9.17) is 0 Å². The molecule has 1 aliphatic rings. The predicted octanol–water partition coefficient (Wildman–Crippen LogP) is 1.08. The van der Waals surface area contributed by atoms with Crippen molar-refractivity contribution in [3.63, 3.8) is 0 Å². The average molecular weight is 418 g/mol. The van der Waals surface area contributed by atoms with Crippen molar-refractivity contribution in [2.75, 3.05) is 13.6 Å². The molecule has 10 heteroatoms. The highest BCUT2D eigenvalue weighted by Gasteiger charge is 2.45. The zero-order chi connectivity index (χ0) is 22.2. The van der Waals surface area contributed by atoms with Crippen LogP contribution < -0.4 is 5.32 Å². The Morgan fingerprint density at radius 3 is 2.67 bits per heavy atom. The van der Waals surface area contributed by atoms with Crippen molar-refractivity contribution in [1.82, 2.24) is 30.2 Å². The largest absolute Gasteiger partial charge is 0.391 e. The first-order valence-corrected chi connectivity index (χ1v) is 9.77. The second kappa shape index (κ2) is 8.10. The number of likely N-dealkylation sites (tertiary alicyclic amines) is 1. The summed E-state index contributed by atoms with van der Waals surface area (Å²) in [6.45, 7) is 7.49. The number of aliphatic hydroxyl groups is 1. The van der Waals surface area contributed by atoms with Crippen LogP contribution in [0.15, 0.2) is 18.5 Å². The number of rotatable bonds is 4. The Balaban J connectivity index is 1.97. The van der Waals surface area contributed by atoms with Gasteiger partial charge >= 0.3 is 0 Å². The Morgan fingerprint density at radius 1 is 1.37 bits per heavy atom. The number of carbonyl (C=O) groups is 2. The minimum atomic E-state index is -0.767. The molecule has 30 heavy (non-hydrogen) atoms. The number of aromatic nitrogens is 4. The summed E-state index contributed by atoms with van der Waals surface area (Å²) in [6.07, 6.45) is 2.42. The number of nitrogens with one attached hydrogen (secondary N) is 1. The van der Waals surface area contributed by atoms with Gasteiger partial charge in [0.2, 0.25) is 17.8 Å². The van der Waals surface area contributed by atoms with Crippen LogP contribution >= 0.6 is 0 Å². The zero-order valence-corrected chi connectivity index (χ0v) is 17.8. The molecule has 2 aromatic rings. The molecular formula is C20H27FN6O3. The van der Waals surface area contributed by atoms with Gasteiger partial charge in [0.25, 0.3) is 0 Å². The van der Waals surface area contributed by atoms with Gasteiger partial charge in [0.1, 0.15) is 17.8 Å². The van der Waals surface area contributed by atoms with Crippen molar-refractivity contribution < 1.29 is 19.1 Å². The molecule has 0 spiro atoms. The molecule has 3 rings (SSSR count). The Bertz CT molecular complexity index is 954. The number of β-amino-alcohol motifs (C(OH)–C–C–N with tert-alkyl or cyclic N) is 1. The molecule has 0 saturated carbocycles. The summed E-state index contributed by atoms with van der Waals surface area (Å²) in [5.41, 5.74) is 1.17. The van der Waals surface area contributed by atoms with Gasteiger partial charge in [-0.15, -0.1) is 5.10 Å². The van der Waals surface area contributed by atoms with Gasteiger partial charge in [-0.1, -0.05) is 26.0 Å². The number of aliphatic hydroxyl groups excluding tert-OH is 1. The molecule has 1 aliphatic heterocycles. The third-order valence-corrected chi connectivity index (χ3v) is 5.29. The van der Waals surface area contributed by atoms with E-state index in [2.05, 4.69) is 20.6 Å². The lowest BCUT2D eigenvalue weighted by Gasteiger charge is -2.34. The minimum absolute atomic E-state index is 0.0754. The third kappa shape index (κ3) is 4.18. The molecule has 1 fully saturated rings. The van der Waals surface area contributed by atoms with E-state index in [0.29, 0.717) is 16.8 Å². The maximum Gasteiger partial charge on any atom is 0.248 e. The number of amides is 2. The minimum Gasteiger partial charge on any atom is -0.391 e. The Labute approximate surface area is 174 Å². The van der Waals surface area contributed by atoms with Crippen LogP contribution in [0.3, 0.4) is 0 Å². The van der Waals surface area contributed by atoms with Crippen molar-refractivity contribution in [2.45, 2.75) is 52.3 Å². The van der Waals surface area contributed by atoms with Gasteiger partial charge in [0, 0.05) is 31.8 Å². The molecule has 3 atom stereocenters. The van der Waals surface area contributed by atoms with Crippen LogP contribution in [0.1, 0.15) is 38.8 Å². The fraction of sp³-hybridized carbons (Fsp3) is 0.550. The molecule has 0 aromatic carbocycles. The molecule has 162 valence electrons. The standard InChI is InChI=1S/C20H27FN6O3/c1-11-6-16(21)23-8-13(11)14-10-27(25-24-14)17(20(2,3)4)19(30)26-9-12(28)7-15(26)18(29)22-5/h6,8,10,12,15,17,28H,7,9H2,1-5H3,(H,22,29)/t12?,15-,17?/m1/s1. The fourth-order valence-electron chi connectivity index (χ4n) is 3.83. The summed E-state index contributed by atoms with van der Waals surface area (Å²) in [6, 6.07) is -0.195. The van der Waals surface area contributed by atoms with Gasteiger partial charge in [-0.2, -0.15) is 4.39 Å². The van der Waals surface area contributed by atoms with Gasteiger partial charge in [0.05, 0.1) is 12.3 Å². The van der Waals surface area contributed by atoms with Crippen LogP contribution in [0.2, 0.25) is 0 Å². The van der Waals surface area contributed by atoms with E-state index in [0.717, 1.165) is 0 Å². The topological polar surface area (TPSA) is 113 Å². The van der Waals surface area contributed by atoms with Crippen LogP contribution in [0, 0.1) is 18.3 Å². The van der Waals surface area contributed by atoms with E-state index in [1.165, 1.54) is 28.9 Å². The maximum atomic E-state index is 13.5. The molecule has 9 nitrogen and oxygen atoms in total. The summed E-state index contributed by atoms with van der Waals surface area (Å²) in [5.74, 6) is -1.22. The predicted molar refractivity (Wildman–Crippen MR) is 107 cm³/mol. The van der Waals surface area contributed by atoms with Gasteiger partial charge in [0.15, 0.2) is 0 Å².